The first-order valence-electron chi connectivity index (χ1n) is 15.2. The minimum Gasteiger partial charge on any atom is -0.504 e. The third kappa shape index (κ3) is 3.74. The van der Waals surface area contributed by atoms with Gasteiger partial charge in [-0.05, 0) is 81.3 Å². The first-order valence-corrected chi connectivity index (χ1v) is 15.2. The number of hydrogen-bond acceptors (Lipinski definition) is 5. The first kappa shape index (κ1) is 27.2. The van der Waals surface area contributed by atoms with E-state index in [9.17, 15) is 15.0 Å². The van der Waals surface area contributed by atoms with Crippen molar-refractivity contribution in [1.82, 2.24) is 9.80 Å². The van der Waals surface area contributed by atoms with Crippen LogP contribution in [0, 0.1) is 6.92 Å². The van der Waals surface area contributed by atoms with Crippen LogP contribution >= 0.6 is 0 Å². The van der Waals surface area contributed by atoms with Crippen molar-refractivity contribution in [2.75, 3.05) is 20.1 Å². The van der Waals surface area contributed by atoms with Crippen LogP contribution in [0.1, 0.15) is 54.0 Å². The molecule has 2 bridgehead atoms. The number of rotatable bonds is 6. The Morgan fingerprint density at radius 1 is 1.12 bits per heavy atom. The molecule has 6 nitrogen and oxygen atoms in total. The van der Waals surface area contributed by atoms with Gasteiger partial charge in [-0.1, -0.05) is 66.2 Å². The van der Waals surface area contributed by atoms with Gasteiger partial charge in [0.15, 0.2) is 11.5 Å². The van der Waals surface area contributed by atoms with Gasteiger partial charge in [0.25, 0.3) is 0 Å². The van der Waals surface area contributed by atoms with Crippen molar-refractivity contribution in [2.45, 2.75) is 74.7 Å². The van der Waals surface area contributed by atoms with E-state index in [2.05, 4.69) is 42.2 Å². The molecule has 1 spiro atoms. The van der Waals surface area contributed by atoms with Crippen molar-refractivity contribution < 1.29 is 19.7 Å². The predicted octanol–water partition coefficient (Wildman–Crippen LogP) is 5.03. The maximum absolute atomic E-state index is 13.6. The van der Waals surface area contributed by atoms with Gasteiger partial charge in [-0.3, -0.25) is 9.69 Å². The number of carbonyl (C=O) groups excluding carboxylic acids is 1. The van der Waals surface area contributed by atoms with Crippen molar-refractivity contribution in [3.63, 3.8) is 0 Å². The highest BCUT2D eigenvalue weighted by Crippen LogP contribution is 2.69. The Morgan fingerprint density at radius 3 is 2.71 bits per heavy atom. The fraction of sp³-hybridized carbons (Fsp3) is 0.417. The van der Waals surface area contributed by atoms with Gasteiger partial charge < -0.3 is 19.8 Å². The molecule has 218 valence electrons. The van der Waals surface area contributed by atoms with Crippen LogP contribution in [-0.2, 0) is 23.1 Å². The summed E-state index contributed by atoms with van der Waals surface area (Å²) < 4.78 is 6.84. The molecule has 0 unspecified atom stereocenters. The van der Waals surface area contributed by atoms with Gasteiger partial charge in [0, 0.05) is 31.3 Å². The predicted molar refractivity (Wildman–Crippen MR) is 164 cm³/mol. The minimum absolute atomic E-state index is 0.0657. The van der Waals surface area contributed by atoms with Crippen LogP contribution in [0.15, 0.2) is 72.8 Å². The monoisotopic (exact) mass is 564 g/mol. The molecule has 7 rings (SSSR count). The maximum Gasteiger partial charge on any atom is 0.246 e. The molecule has 2 aliphatic carbocycles. The minimum atomic E-state index is -1.04. The zero-order chi connectivity index (χ0) is 29.3. The third-order valence-electron chi connectivity index (χ3n) is 11.0. The molecular weight excluding hydrogens is 524 g/mol. The molecule has 3 aromatic rings. The Hall–Kier alpha value is -3.61. The molecular formula is C36H40N2O4. The number of likely N-dealkylation sites (tertiary alicyclic amines) is 1. The second-order valence-electron chi connectivity index (χ2n) is 13.0. The lowest BCUT2D eigenvalue weighted by molar-refractivity contribution is -0.229. The molecule has 0 radical (unpaired) electrons. The maximum atomic E-state index is 13.6. The van der Waals surface area contributed by atoms with E-state index in [1.54, 1.807) is 17.0 Å². The van der Waals surface area contributed by atoms with Crippen LogP contribution in [-0.4, -0.2) is 69.3 Å². The number of aryl methyl sites for hydroxylation is 1. The van der Waals surface area contributed by atoms with E-state index >= 15 is 0 Å². The van der Waals surface area contributed by atoms with Gasteiger partial charge in [-0.15, -0.1) is 0 Å². The molecule has 1 amide bonds. The van der Waals surface area contributed by atoms with E-state index in [1.165, 1.54) is 5.56 Å². The number of amides is 1. The van der Waals surface area contributed by atoms with Crippen LogP contribution in [0.4, 0.5) is 0 Å². The van der Waals surface area contributed by atoms with Gasteiger partial charge in [-0.2, -0.15) is 0 Å². The lowest BCUT2D eigenvalue weighted by atomic mass is 9.44. The summed E-state index contributed by atoms with van der Waals surface area (Å²) in [4.78, 5) is 17.9. The van der Waals surface area contributed by atoms with Crippen LogP contribution in [0.2, 0.25) is 0 Å². The summed E-state index contributed by atoms with van der Waals surface area (Å²) in [7, 11) is 1.85. The Morgan fingerprint density at radius 2 is 1.93 bits per heavy atom. The molecule has 4 aliphatic rings. The molecule has 3 aromatic carbocycles. The summed E-state index contributed by atoms with van der Waals surface area (Å²) in [5.41, 5.74) is 2.86. The third-order valence-corrected chi connectivity index (χ3v) is 11.0. The van der Waals surface area contributed by atoms with Crippen LogP contribution < -0.4 is 4.74 Å². The number of hydrogen-bond donors (Lipinski definition) is 2. The molecule has 1 saturated heterocycles. The number of phenols is 1. The SMILES string of the molecule is Cc1cccc(C=CC(=O)N(C)[C@H]2CC[C@@]3(O)[C@H]4Cc5ccc(O)c6c5[C@@]3(CCN4CCc3ccccc3)[C@@]2(C)O6)c1. The average Bonchev–Trinajstić information content (AvgIpc) is 3.26. The molecule has 42 heavy (non-hydrogen) atoms. The normalized spacial score (nSPS) is 31.0. The summed E-state index contributed by atoms with van der Waals surface area (Å²) in [5.74, 6) is 0.507. The summed E-state index contributed by atoms with van der Waals surface area (Å²) >= 11 is 0. The highest BCUT2D eigenvalue weighted by Gasteiger charge is 2.78. The van der Waals surface area contributed by atoms with E-state index in [0.717, 1.165) is 41.8 Å². The summed E-state index contributed by atoms with van der Waals surface area (Å²) in [6, 6.07) is 22.0. The number of phenolic OH excluding ortho intramolecular Hbond substituents is 1. The second kappa shape index (κ2) is 9.72. The Balaban J connectivity index is 1.25. The van der Waals surface area contributed by atoms with E-state index < -0.39 is 16.6 Å². The van der Waals surface area contributed by atoms with Crippen LogP contribution in [0.25, 0.3) is 6.08 Å². The average molecular weight is 565 g/mol. The number of likely N-dealkylation sites (N-methyl/N-ethyl adjacent to an activating group) is 1. The quantitative estimate of drug-likeness (QED) is 0.411. The first-order chi connectivity index (χ1) is 20.2. The largest absolute Gasteiger partial charge is 0.504 e. The van der Waals surface area contributed by atoms with Crippen molar-refractivity contribution in [3.05, 3.63) is 101 Å². The van der Waals surface area contributed by atoms with E-state index in [-0.39, 0.29) is 23.7 Å². The van der Waals surface area contributed by atoms with Crippen LogP contribution in [0.3, 0.4) is 0 Å². The smallest absolute Gasteiger partial charge is 0.246 e. The van der Waals surface area contributed by atoms with Crippen LogP contribution in [0.5, 0.6) is 11.5 Å². The zero-order valence-electron chi connectivity index (χ0n) is 24.7. The topological polar surface area (TPSA) is 73.2 Å². The van der Waals surface area contributed by atoms with Gasteiger partial charge >= 0.3 is 0 Å². The van der Waals surface area contributed by atoms with Crippen molar-refractivity contribution in [3.8, 4) is 11.5 Å². The lowest BCUT2D eigenvalue weighted by Gasteiger charge is -2.67. The number of ether oxygens (including phenoxy) is 1. The molecule has 2 aliphatic heterocycles. The number of nitrogens with zero attached hydrogens (tertiary/aromatic N) is 2. The lowest BCUT2D eigenvalue weighted by Crippen LogP contribution is -2.82. The van der Waals surface area contributed by atoms with Crippen molar-refractivity contribution >= 4 is 12.0 Å². The molecule has 1 saturated carbocycles. The Kier molecular flexibility index (Phi) is 6.30. The number of aliphatic hydroxyl groups is 1. The van der Waals surface area contributed by atoms with Gasteiger partial charge in [0.1, 0.15) is 5.60 Å². The Labute approximate surface area is 248 Å². The number of piperidine rings is 1. The molecule has 5 atom stereocenters. The number of aromatic hydroxyl groups is 1. The van der Waals surface area contributed by atoms with E-state index in [0.29, 0.717) is 31.4 Å². The van der Waals surface area contributed by atoms with E-state index in [1.807, 2.05) is 50.4 Å². The van der Waals surface area contributed by atoms with E-state index in [4.69, 9.17) is 4.74 Å². The number of benzene rings is 3. The van der Waals surface area contributed by atoms with Crippen molar-refractivity contribution in [1.29, 1.82) is 0 Å². The molecule has 2 heterocycles. The van der Waals surface area contributed by atoms with Gasteiger partial charge in [0.05, 0.1) is 17.1 Å². The Bertz CT molecular complexity index is 1570. The summed E-state index contributed by atoms with van der Waals surface area (Å²) in [6.07, 6.45) is 7.02. The summed E-state index contributed by atoms with van der Waals surface area (Å²) in [5, 5.41) is 24.0. The molecule has 0 aromatic heterocycles. The fourth-order valence-electron chi connectivity index (χ4n) is 9.02. The van der Waals surface area contributed by atoms with Gasteiger partial charge in [-0.25, -0.2) is 0 Å². The zero-order valence-corrected chi connectivity index (χ0v) is 24.7. The highest BCUT2D eigenvalue weighted by molar-refractivity contribution is 5.92. The summed E-state index contributed by atoms with van der Waals surface area (Å²) in [6.45, 7) is 5.81. The van der Waals surface area contributed by atoms with Crippen molar-refractivity contribution in [2.24, 2.45) is 0 Å². The molecule has 2 fully saturated rings. The second-order valence-corrected chi connectivity index (χ2v) is 13.0. The van der Waals surface area contributed by atoms with Gasteiger partial charge in [0.2, 0.25) is 5.91 Å². The molecule has 6 heteroatoms. The fourth-order valence-corrected chi connectivity index (χ4v) is 9.02. The standard InChI is InChI=1S/C36H40N2O4/c1-24-8-7-11-26(22-24)12-15-31(40)37(3)29-16-18-36(41)30-23-27-13-14-28(39)33-32(27)35(36,34(29,2)42-33)19-21-38(30)20-17-25-9-5-4-6-10-25/h4-15,22,29-30,39,41H,16-21,23H2,1-3H3/t29-,30+,34-,35-,36+/m0/s1. The molecule has 2 N–H and O–H groups in total. The highest BCUT2D eigenvalue weighted by atomic mass is 16.5. The number of carbonyl (C=O) groups is 1.